The molecule has 0 aliphatic heterocycles. The summed E-state index contributed by atoms with van der Waals surface area (Å²) in [6.45, 7) is 12.2. The number of aliphatic imine (C=N–C) groups is 1. The molecule has 0 atom stereocenters. The molecule has 0 aliphatic rings. The van der Waals surface area contributed by atoms with E-state index in [9.17, 15) is 0 Å². The Balaban J connectivity index is 1.92. The molecule has 0 saturated carbocycles. The largest absolute Gasteiger partial charge is 0.361 e. The van der Waals surface area contributed by atoms with Crippen LogP contribution in [0.25, 0.3) is 0 Å². The molecule has 5 nitrogen and oxygen atoms in total. The van der Waals surface area contributed by atoms with Crippen molar-refractivity contribution < 1.29 is 4.52 Å². The zero-order valence-corrected chi connectivity index (χ0v) is 17.0. The number of nitrogens with zero attached hydrogens (tertiary/aromatic N) is 2. The lowest BCUT2D eigenvalue weighted by molar-refractivity contribution is 0.380. The minimum atomic E-state index is 0.679. The van der Waals surface area contributed by atoms with Gasteiger partial charge in [0.05, 0.1) is 5.69 Å². The average Bonchev–Trinajstić information content (AvgIpc) is 3.01. The quantitative estimate of drug-likeness (QED) is 0.587. The van der Waals surface area contributed by atoms with Crippen molar-refractivity contribution in [1.29, 1.82) is 0 Å². The topological polar surface area (TPSA) is 62.5 Å². The van der Waals surface area contributed by atoms with Gasteiger partial charge in [-0.15, -0.1) is 0 Å². The summed E-state index contributed by atoms with van der Waals surface area (Å²) in [7, 11) is 1.80. The highest BCUT2D eigenvalue weighted by molar-refractivity contribution is 5.79. The predicted molar refractivity (Wildman–Crippen MR) is 108 cm³/mol. The zero-order valence-electron chi connectivity index (χ0n) is 17.0. The van der Waals surface area contributed by atoms with E-state index in [1.807, 2.05) is 0 Å². The predicted octanol–water partition coefficient (Wildman–Crippen LogP) is 3.63. The van der Waals surface area contributed by atoms with Gasteiger partial charge in [-0.3, -0.25) is 4.99 Å². The maximum absolute atomic E-state index is 5.43. The Labute approximate surface area is 157 Å². The lowest BCUT2D eigenvalue weighted by Crippen LogP contribution is -2.38. The smallest absolute Gasteiger partial charge is 0.191 e. The van der Waals surface area contributed by atoms with Gasteiger partial charge in [0.2, 0.25) is 0 Å². The number of aromatic nitrogens is 1. The van der Waals surface area contributed by atoms with Gasteiger partial charge in [-0.25, -0.2) is 0 Å². The normalized spacial score (nSPS) is 11.7. The minimum Gasteiger partial charge on any atom is -0.361 e. The SMILES string of the molecule is CCc1noc(CC)c1CNC(=NC)NCCc1c(C)cc(C)cc1C. The van der Waals surface area contributed by atoms with Crippen LogP contribution < -0.4 is 10.6 Å². The zero-order chi connectivity index (χ0) is 19.1. The number of aryl methyl sites for hydroxylation is 5. The maximum Gasteiger partial charge on any atom is 0.191 e. The van der Waals surface area contributed by atoms with Crippen molar-refractivity contribution >= 4 is 5.96 Å². The Morgan fingerprint density at radius 1 is 1.04 bits per heavy atom. The second-order valence-corrected chi connectivity index (χ2v) is 6.72. The molecule has 0 bridgehead atoms. The Bertz CT molecular complexity index is 717. The molecule has 5 heteroatoms. The van der Waals surface area contributed by atoms with Gasteiger partial charge in [-0.2, -0.15) is 0 Å². The van der Waals surface area contributed by atoms with E-state index in [-0.39, 0.29) is 0 Å². The summed E-state index contributed by atoms with van der Waals surface area (Å²) in [4.78, 5) is 4.33. The van der Waals surface area contributed by atoms with Gasteiger partial charge in [0, 0.05) is 32.1 Å². The lowest BCUT2D eigenvalue weighted by Gasteiger charge is -2.15. The highest BCUT2D eigenvalue weighted by Gasteiger charge is 2.13. The average molecular weight is 357 g/mol. The molecule has 0 amide bonds. The number of benzene rings is 1. The second kappa shape index (κ2) is 9.41. The van der Waals surface area contributed by atoms with Crippen LogP contribution in [0.5, 0.6) is 0 Å². The third-order valence-corrected chi connectivity index (χ3v) is 4.77. The first-order chi connectivity index (χ1) is 12.5. The second-order valence-electron chi connectivity index (χ2n) is 6.72. The van der Waals surface area contributed by atoms with Crippen molar-refractivity contribution in [2.45, 2.75) is 60.4 Å². The third-order valence-electron chi connectivity index (χ3n) is 4.77. The first-order valence-electron chi connectivity index (χ1n) is 9.47. The van der Waals surface area contributed by atoms with E-state index in [2.05, 4.69) is 67.5 Å². The van der Waals surface area contributed by atoms with Crippen molar-refractivity contribution in [3.8, 4) is 0 Å². The van der Waals surface area contributed by atoms with Crippen molar-refractivity contribution in [1.82, 2.24) is 15.8 Å². The van der Waals surface area contributed by atoms with E-state index in [1.165, 1.54) is 22.3 Å². The Morgan fingerprint density at radius 2 is 1.73 bits per heavy atom. The van der Waals surface area contributed by atoms with Gasteiger partial charge in [0.25, 0.3) is 0 Å². The summed E-state index contributed by atoms with van der Waals surface area (Å²) >= 11 is 0. The highest BCUT2D eigenvalue weighted by Crippen LogP contribution is 2.17. The molecular formula is C21H32N4O. The number of hydrogen-bond donors (Lipinski definition) is 2. The summed E-state index contributed by atoms with van der Waals surface area (Å²) in [6, 6.07) is 4.50. The Kier molecular flexibility index (Phi) is 7.25. The van der Waals surface area contributed by atoms with Crippen LogP contribution in [-0.2, 0) is 25.8 Å². The molecule has 1 aromatic heterocycles. The summed E-state index contributed by atoms with van der Waals surface area (Å²) < 4.78 is 5.43. The van der Waals surface area contributed by atoms with Crippen LogP contribution in [0, 0.1) is 20.8 Å². The first-order valence-corrected chi connectivity index (χ1v) is 9.47. The fourth-order valence-corrected chi connectivity index (χ4v) is 3.44. The molecule has 0 radical (unpaired) electrons. The maximum atomic E-state index is 5.43. The van der Waals surface area contributed by atoms with Crippen LogP contribution in [0.4, 0.5) is 0 Å². The summed E-state index contributed by atoms with van der Waals surface area (Å²) in [6.07, 6.45) is 2.70. The van der Waals surface area contributed by atoms with Crippen molar-refractivity contribution in [3.63, 3.8) is 0 Å². The first kappa shape index (κ1) is 20.0. The van der Waals surface area contributed by atoms with Gasteiger partial charge < -0.3 is 15.2 Å². The van der Waals surface area contributed by atoms with E-state index in [4.69, 9.17) is 4.52 Å². The molecule has 0 aliphatic carbocycles. The van der Waals surface area contributed by atoms with E-state index in [0.717, 1.165) is 48.8 Å². The van der Waals surface area contributed by atoms with E-state index >= 15 is 0 Å². The molecule has 2 rings (SSSR count). The molecule has 0 spiro atoms. The van der Waals surface area contributed by atoms with Crippen LogP contribution >= 0.6 is 0 Å². The Hall–Kier alpha value is -2.30. The molecule has 142 valence electrons. The molecule has 0 fully saturated rings. The summed E-state index contributed by atoms with van der Waals surface area (Å²) in [5, 5.41) is 11.0. The third kappa shape index (κ3) is 4.87. The molecule has 1 aromatic carbocycles. The molecule has 26 heavy (non-hydrogen) atoms. The minimum absolute atomic E-state index is 0.679. The van der Waals surface area contributed by atoms with E-state index in [1.54, 1.807) is 7.05 Å². The molecule has 0 unspecified atom stereocenters. The van der Waals surface area contributed by atoms with Gasteiger partial charge in [0.1, 0.15) is 5.76 Å². The number of hydrogen-bond acceptors (Lipinski definition) is 3. The summed E-state index contributed by atoms with van der Waals surface area (Å²) in [5.41, 5.74) is 7.63. The van der Waals surface area contributed by atoms with Crippen molar-refractivity contribution in [2.75, 3.05) is 13.6 Å². The number of rotatable bonds is 7. The standard InChI is InChI=1S/C21H32N4O/c1-7-19-18(20(8-2)26-25-19)13-24-21(22-6)23-10-9-17-15(4)11-14(3)12-16(17)5/h11-12H,7-10,13H2,1-6H3,(H2,22,23,24). The monoisotopic (exact) mass is 356 g/mol. The van der Waals surface area contributed by atoms with Gasteiger partial charge >= 0.3 is 0 Å². The van der Waals surface area contributed by atoms with E-state index < -0.39 is 0 Å². The van der Waals surface area contributed by atoms with Crippen LogP contribution in [-0.4, -0.2) is 24.7 Å². The fraction of sp³-hybridized carbons (Fsp3) is 0.524. The summed E-state index contributed by atoms with van der Waals surface area (Å²) in [5.74, 6) is 1.76. The molecule has 2 N–H and O–H groups in total. The van der Waals surface area contributed by atoms with Crippen LogP contribution in [0.1, 0.15) is 53.1 Å². The highest BCUT2D eigenvalue weighted by atomic mass is 16.5. The van der Waals surface area contributed by atoms with E-state index in [0.29, 0.717) is 6.54 Å². The molecule has 2 aromatic rings. The lowest BCUT2D eigenvalue weighted by atomic mass is 9.97. The fourth-order valence-electron chi connectivity index (χ4n) is 3.44. The van der Waals surface area contributed by atoms with Crippen LogP contribution in [0.3, 0.4) is 0 Å². The van der Waals surface area contributed by atoms with Gasteiger partial charge in [0.15, 0.2) is 5.96 Å². The van der Waals surface area contributed by atoms with Crippen LogP contribution in [0.2, 0.25) is 0 Å². The molecule has 1 heterocycles. The number of nitrogens with one attached hydrogen (secondary N) is 2. The molecular weight excluding hydrogens is 324 g/mol. The van der Waals surface area contributed by atoms with Gasteiger partial charge in [-0.1, -0.05) is 36.7 Å². The van der Waals surface area contributed by atoms with Crippen molar-refractivity contribution in [2.24, 2.45) is 4.99 Å². The van der Waals surface area contributed by atoms with Crippen LogP contribution in [0.15, 0.2) is 21.6 Å². The molecule has 0 saturated heterocycles. The number of guanidine groups is 1. The Morgan fingerprint density at radius 3 is 2.31 bits per heavy atom. The van der Waals surface area contributed by atoms with Gasteiger partial charge in [-0.05, 0) is 50.3 Å². The van der Waals surface area contributed by atoms with Crippen molar-refractivity contribution in [3.05, 3.63) is 51.4 Å².